The third-order valence-electron chi connectivity index (χ3n) is 1.82. The van der Waals surface area contributed by atoms with Gasteiger partial charge in [0.2, 0.25) is 0 Å². The number of carboxylic acids is 3. The number of carbonyl (C=O) groups is 3. The smallest absolute Gasteiger partial charge is 0.339 e. The second kappa shape index (κ2) is 5.50. The predicted octanol–water partition coefficient (Wildman–Crippen LogP) is -0.429. The van der Waals surface area contributed by atoms with Crippen LogP contribution in [0.25, 0.3) is 0 Å². The highest BCUT2D eigenvalue weighted by atomic mass is 24.3. The Labute approximate surface area is 110 Å². The number of rotatable bonds is 3. The molecule has 0 amide bonds. The number of hydrogen-bond donors (Lipinski definition) is 4. The van der Waals surface area contributed by atoms with Crippen LogP contribution in [0.2, 0.25) is 0 Å². The van der Waals surface area contributed by atoms with E-state index in [4.69, 9.17) is 15.3 Å². The number of aromatic carboxylic acids is 3. The minimum atomic E-state index is -1.61. The summed E-state index contributed by atoms with van der Waals surface area (Å²) >= 11 is 0. The Morgan fingerprint density at radius 3 is 1.41 bits per heavy atom. The maximum atomic E-state index is 10.6. The van der Waals surface area contributed by atoms with E-state index in [2.05, 4.69) is 0 Å². The normalized spacial score (nSPS) is 9.18. The van der Waals surface area contributed by atoms with Crippen LogP contribution in [0.15, 0.2) is 12.1 Å². The van der Waals surface area contributed by atoms with E-state index in [1.54, 1.807) is 0 Å². The average molecular weight is 252 g/mol. The Bertz CT molecular complexity index is 459. The Balaban J connectivity index is 0.00000256. The van der Waals surface area contributed by atoms with Gasteiger partial charge in [0.15, 0.2) is 0 Å². The maximum absolute atomic E-state index is 10.6. The molecule has 0 spiro atoms. The molecule has 4 N–H and O–H groups in total. The van der Waals surface area contributed by atoms with Crippen molar-refractivity contribution in [3.8, 4) is 5.75 Å². The monoisotopic (exact) mass is 252 g/mol. The van der Waals surface area contributed by atoms with E-state index in [-0.39, 0.29) is 23.1 Å². The van der Waals surface area contributed by atoms with Gasteiger partial charge in [0.25, 0.3) is 0 Å². The summed E-state index contributed by atoms with van der Waals surface area (Å²) < 4.78 is 0. The van der Waals surface area contributed by atoms with Crippen LogP contribution in [0.1, 0.15) is 31.1 Å². The molecule has 0 saturated heterocycles. The fourth-order valence-electron chi connectivity index (χ4n) is 1.08. The maximum Gasteiger partial charge on any atom is 0.339 e. The van der Waals surface area contributed by atoms with Crippen molar-refractivity contribution in [2.45, 2.75) is 0 Å². The van der Waals surface area contributed by atoms with Crippen molar-refractivity contribution in [1.29, 1.82) is 0 Å². The first-order chi connectivity index (χ1) is 7.34. The highest BCUT2D eigenvalue weighted by Crippen LogP contribution is 2.24. The van der Waals surface area contributed by atoms with E-state index < -0.39 is 40.3 Å². The summed E-state index contributed by atoms with van der Waals surface area (Å²) in [4.78, 5) is 31.8. The van der Waals surface area contributed by atoms with Gasteiger partial charge in [-0.05, 0) is 12.1 Å². The lowest BCUT2D eigenvalue weighted by atomic mass is 10.0. The molecule has 17 heavy (non-hydrogen) atoms. The van der Waals surface area contributed by atoms with Gasteiger partial charge in [0.1, 0.15) is 16.9 Å². The molecule has 0 unspecified atom stereocenters. The van der Waals surface area contributed by atoms with Crippen LogP contribution in [0.4, 0.5) is 0 Å². The van der Waals surface area contributed by atoms with Gasteiger partial charge in [-0.15, -0.1) is 0 Å². The predicted molar refractivity (Wildman–Crippen MR) is 57.5 cm³/mol. The third kappa shape index (κ3) is 3.08. The highest BCUT2D eigenvalue weighted by Gasteiger charge is 2.21. The first-order valence-electron chi connectivity index (χ1n) is 3.91. The fourth-order valence-corrected chi connectivity index (χ4v) is 1.08. The molecule has 0 atom stereocenters. The number of aromatic hydroxyl groups is 1. The lowest BCUT2D eigenvalue weighted by Crippen LogP contribution is -2.08. The Morgan fingerprint density at radius 1 is 0.824 bits per heavy atom. The lowest BCUT2D eigenvalue weighted by molar-refractivity contribution is 0.0691. The van der Waals surface area contributed by atoms with E-state index in [9.17, 15) is 19.5 Å². The van der Waals surface area contributed by atoms with Gasteiger partial charge >= 0.3 is 41.0 Å². The first kappa shape index (κ1) is 15.2. The van der Waals surface area contributed by atoms with Gasteiger partial charge in [0.05, 0.1) is 5.56 Å². The van der Waals surface area contributed by atoms with Crippen molar-refractivity contribution in [3.63, 3.8) is 0 Å². The van der Waals surface area contributed by atoms with Crippen molar-refractivity contribution >= 4 is 41.0 Å². The average Bonchev–Trinajstić information content (AvgIpc) is 2.16. The fraction of sp³-hybridized carbons (Fsp3) is 0. The summed E-state index contributed by atoms with van der Waals surface area (Å²) in [5.41, 5.74) is -2.05. The van der Waals surface area contributed by atoms with E-state index in [1.807, 2.05) is 0 Å². The summed E-state index contributed by atoms with van der Waals surface area (Å²) in [7, 11) is 0. The van der Waals surface area contributed by atoms with E-state index in [1.165, 1.54) is 0 Å². The van der Waals surface area contributed by atoms with E-state index in [0.717, 1.165) is 0 Å². The van der Waals surface area contributed by atoms with Crippen LogP contribution < -0.4 is 0 Å². The molecule has 0 aliphatic rings. The molecule has 1 aromatic rings. The van der Waals surface area contributed by atoms with E-state index in [0.29, 0.717) is 12.1 Å². The highest BCUT2D eigenvalue weighted by molar-refractivity contribution is 6.02. The van der Waals surface area contributed by atoms with Crippen molar-refractivity contribution in [1.82, 2.24) is 0 Å². The van der Waals surface area contributed by atoms with Crippen molar-refractivity contribution in [2.24, 2.45) is 0 Å². The van der Waals surface area contributed by atoms with Gasteiger partial charge in [-0.25, -0.2) is 14.4 Å². The SMILES string of the molecule is O=C(O)c1cc(C(=O)O)c(O)c(C(=O)O)c1.[MgH2]. The number of hydrogen-bond acceptors (Lipinski definition) is 4. The molecular weight excluding hydrogens is 244 g/mol. The standard InChI is InChI=1S/C9H6O7.Mg.2H/c10-6-4(8(13)14)1-3(7(11)12)2-5(6)9(15)16;;;/h1-2,10H,(H,11,12)(H,13,14)(H,15,16);;;. The van der Waals surface area contributed by atoms with Gasteiger partial charge < -0.3 is 20.4 Å². The quantitative estimate of drug-likeness (QED) is 0.537. The Morgan fingerprint density at radius 2 is 1.18 bits per heavy atom. The molecule has 0 aromatic heterocycles. The number of carboxylic acid groups (broad SMARTS) is 3. The van der Waals surface area contributed by atoms with Gasteiger partial charge in [-0.2, -0.15) is 0 Å². The largest absolute Gasteiger partial charge is 0.506 e. The summed E-state index contributed by atoms with van der Waals surface area (Å²) in [5, 5.41) is 35.2. The van der Waals surface area contributed by atoms with Crippen LogP contribution in [-0.4, -0.2) is 61.4 Å². The zero-order valence-electron chi connectivity index (χ0n) is 7.67. The summed E-state index contributed by atoms with van der Waals surface area (Å²) in [6.07, 6.45) is 0. The third-order valence-corrected chi connectivity index (χ3v) is 1.82. The van der Waals surface area contributed by atoms with Gasteiger partial charge in [-0.1, -0.05) is 0 Å². The summed E-state index contributed by atoms with van der Waals surface area (Å²) in [6.45, 7) is 0. The van der Waals surface area contributed by atoms with Crippen molar-refractivity contribution in [2.75, 3.05) is 0 Å². The summed E-state index contributed by atoms with van der Waals surface area (Å²) in [6, 6.07) is 1.37. The molecule has 0 aliphatic carbocycles. The Kier molecular flexibility index (Phi) is 4.92. The topological polar surface area (TPSA) is 132 Å². The van der Waals surface area contributed by atoms with E-state index >= 15 is 0 Å². The summed E-state index contributed by atoms with van der Waals surface area (Å²) in [5.74, 6) is -5.67. The molecule has 8 heteroatoms. The Hall–Kier alpha value is -1.80. The molecule has 0 heterocycles. The van der Waals surface area contributed by atoms with Crippen LogP contribution >= 0.6 is 0 Å². The molecule has 1 aromatic carbocycles. The molecule has 0 bridgehead atoms. The van der Waals surface area contributed by atoms with Crippen LogP contribution in [0.5, 0.6) is 5.75 Å². The van der Waals surface area contributed by atoms with Crippen molar-refractivity contribution in [3.05, 3.63) is 28.8 Å². The number of benzene rings is 1. The van der Waals surface area contributed by atoms with Crippen molar-refractivity contribution < 1.29 is 34.8 Å². The van der Waals surface area contributed by atoms with Gasteiger partial charge in [0, 0.05) is 0 Å². The zero-order valence-corrected chi connectivity index (χ0v) is 7.67. The molecule has 7 nitrogen and oxygen atoms in total. The molecule has 1 rings (SSSR count). The molecule has 0 fully saturated rings. The molecule has 88 valence electrons. The molecule has 0 saturated carbocycles. The zero-order chi connectivity index (χ0) is 12.5. The lowest BCUT2D eigenvalue weighted by Gasteiger charge is -2.05. The molecule has 0 aliphatic heterocycles. The van der Waals surface area contributed by atoms with Crippen LogP contribution in [0.3, 0.4) is 0 Å². The first-order valence-corrected chi connectivity index (χ1v) is 3.91. The minimum Gasteiger partial charge on any atom is -0.506 e. The van der Waals surface area contributed by atoms with Crippen LogP contribution in [0, 0.1) is 0 Å². The van der Waals surface area contributed by atoms with Crippen LogP contribution in [-0.2, 0) is 0 Å². The molecule has 0 radical (unpaired) electrons. The van der Waals surface area contributed by atoms with Gasteiger partial charge in [-0.3, -0.25) is 0 Å². The molecular formula is C9H8MgO7. The second-order valence-corrected chi connectivity index (χ2v) is 2.84. The minimum absolute atomic E-state index is 0. The second-order valence-electron chi connectivity index (χ2n) is 2.84. The number of phenols is 1.